The van der Waals surface area contributed by atoms with Gasteiger partial charge in [0.15, 0.2) is 0 Å². The Kier molecular flexibility index (Phi) is 2.27. The molecule has 0 unspecified atom stereocenters. The van der Waals surface area contributed by atoms with E-state index in [1.807, 2.05) is 6.92 Å². The maximum Gasteiger partial charge on any atom is 0.147 e. The minimum absolute atomic E-state index is 0.271. The lowest BCUT2D eigenvalue weighted by Gasteiger charge is -2.56. The molecule has 4 saturated carbocycles. The highest BCUT2D eigenvalue weighted by atomic mass is 14.9. The van der Waals surface area contributed by atoms with Gasteiger partial charge in [-0.2, -0.15) is 5.26 Å². The van der Waals surface area contributed by atoms with Crippen molar-refractivity contribution in [1.29, 1.82) is 5.26 Å². The Bertz CT molecular complexity index is 535. The van der Waals surface area contributed by atoms with Gasteiger partial charge in [-0.15, -0.1) is 0 Å². The van der Waals surface area contributed by atoms with Gasteiger partial charge in [-0.1, -0.05) is 0 Å². The lowest BCUT2D eigenvalue weighted by molar-refractivity contribution is -0.00758. The van der Waals surface area contributed by atoms with E-state index in [2.05, 4.69) is 16.0 Å². The molecule has 0 amide bonds. The van der Waals surface area contributed by atoms with Gasteiger partial charge in [-0.25, -0.2) is 9.97 Å². The number of nitriles is 1. The Morgan fingerprint density at radius 3 is 2.21 bits per heavy atom. The number of hydrogen-bond acceptors (Lipinski definition) is 3. The van der Waals surface area contributed by atoms with Crippen molar-refractivity contribution >= 4 is 0 Å². The molecule has 5 rings (SSSR count). The summed E-state index contributed by atoms with van der Waals surface area (Å²) in [6.45, 7) is 2.03. The van der Waals surface area contributed by atoms with Crippen LogP contribution in [0.4, 0.5) is 0 Å². The normalized spacial score (nSPS) is 39.3. The predicted octanol–water partition coefficient (Wildman–Crippen LogP) is 3.12. The first-order valence-corrected chi connectivity index (χ1v) is 7.42. The van der Waals surface area contributed by atoms with Crippen molar-refractivity contribution in [2.24, 2.45) is 17.8 Å². The van der Waals surface area contributed by atoms with Crippen LogP contribution in [0.1, 0.15) is 55.5 Å². The summed E-state index contributed by atoms with van der Waals surface area (Å²) in [7, 11) is 0. The SMILES string of the molecule is Cc1c(C#N)ncnc1C12CC3CC(CC(C3)C1)C2. The highest BCUT2D eigenvalue weighted by Gasteiger charge is 2.52. The van der Waals surface area contributed by atoms with E-state index in [4.69, 9.17) is 0 Å². The smallest absolute Gasteiger partial charge is 0.147 e. The van der Waals surface area contributed by atoms with Gasteiger partial charge in [0.25, 0.3) is 0 Å². The average molecular weight is 253 g/mol. The minimum atomic E-state index is 0.271. The fourth-order valence-electron chi connectivity index (χ4n) is 5.50. The van der Waals surface area contributed by atoms with Crippen LogP contribution >= 0.6 is 0 Å². The number of hydrogen-bond donors (Lipinski definition) is 0. The van der Waals surface area contributed by atoms with Gasteiger partial charge in [-0.05, 0) is 63.2 Å². The van der Waals surface area contributed by atoms with Crippen LogP contribution in [0.5, 0.6) is 0 Å². The second-order valence-electron chi connectivity index (χ2n) is 7.01. The molecule has 4 bridgehead atoms. The van der Waals surface area contributed by atoms with Crippen molar-refractivity contribution in [1.82, 2.24) is 9.97 Å². The van der Waals surface area contributed by atoms with E-state index in [-0.39, 0.29) is 5.41 Å². The molecule has 0 N–H and O–H groups in total. The zero-order valence-corrected chi connectivity index (χ0v) is 11.4. The van der Waals surface area contributed by atoms with Crippen LogP contribution in [0.25, 0.3) is 0 Å². The zero-order valence-electron chi connectivity index (χ0n) is 11.4. The summed E-state index contributed by atoms with van der Waals surface area (Å²) in [6.07, 6.45) is 9.79. The van der Waals surface area contributed by atoms with E-state index in [0.717, 1.165) is 23.3 Å². The van der Waals surface area contributed by atoms with Crippen LogP contribution in [0.2, 0.25) is 0 Å². The third kappa shape index (κ3) is 1.55. The summed E-state index contributed by atoms with van der Waals surface area (Å²) in [5, 5.41) is 9.18. The van der Waals surface area contributed by atoms with Gasteiger partial charge in [0.1, 0.15) is 18.1 Å². The zero-order chi connectivity index (χ0) is 13.0. The van der Waals surface area contributed by atoms with Crippen LogP contribution in [0.15, 0.2) is 6.33 Å². The minimum Gasteiger partial charge on any atom is -0.240 e. The molecule has 3 nitrogen and oxygen atoms in total. The Labute approximate surface area is 114 Å². The molecule has 3 heteroatoms. The molecule has 1 aromatic rings. The molecule has 4 fully saturated rings. The van der Waals surface area contributed by atoms with Crippen LogP contribution in [0.3, 0.4) is 0 Å². The predicted molar refractivity (Wildman–Crippen MR) is 71.3 cm³/mol. The lowest BCUT2D eigenvalue weighted by Crippen LogP contribution is -2.49. The monoisotopic (exact) mass is 253 g/mol. The van der Waals surface area contributed by atoms with Gasteiger partial charge in [0.05, 0.1) is 5.69 Å². The molecule has 1 aromatic heterocycles. The molecule has 0 aliphatic heterocycles. The summed E-state index contributed by atoms with van der Waals surface area (Å²) < 4.78 is 0. The molecule has 1 heterocycles. The van der Waals surface area contributed by atoms with E-state index in [9.17, 15) is 5.26 Å². The number of nitrogens with zero attached hydrogens (tertiary/aromatic N) is 3. The molecule has 0 atom stereocenters. The van der Waals surface area contributed by atoms with E-state index in [1.165, 1.54) is 44.2 Å². The van der Waals surface area contributed by atoms with Crippen molar-refractivity contribution in [2.45, 2.75) is 50.9 Å². The van der Waals surface area contributed by atoms with Gasteiger partial charge < -0.3 is 0 Å². The number of rotatable bonds is 1. The molecule has 0 aromatic carbocycles. The Morgan fingerprint density at radius 2 is 1.68 bits per heavy atom. The van der Waals surface area contributed by atoms with Crippen LogP contribution in [0, 0.1) is 36.0 Å². The molecular formula is C16H19N3. The summed E-state index contributed by atoms with van der Waals surface area (Å²) in [5.74, 6) is 2.73. The van der Waals surface area contributed by atoms with E-state index in [1.54, 1.807) is 6.33 Å². The van der Waals surface area contributed by atoms with Crippen molar-refractivity contribution in [3.8, 4) is 6.07 Å². The van der Waals surface area contributed by atoms with Gasteiger partial charge >= 0.3 is 0 Å². The van der Waals surface area contributed by atoms with E-state index < -0.39 is 0 Å². The van der Waals surface area contributed by atoms with Gasteiger partial charge in [0, 0.05) is 11.0 Å². The average Bonchev–Trinajstić information content (AvgIpc) is 2.37. The molecule has 0 saturated heterocycles. The van der Waals surface area contributed by atoms with Crippen molar-refractivity contribution < 1.29 is 0 Å². The van der Waals surface area contributed by atoms with E-state index >= 15 is 0 Å². The third-order valence-corrected chi connectivity index (χ3v) is 5.73. The highest BCUT2D eigenvalue weighted by molar-refractivity contribution is 5.38. The topological polar surface area (TPSA) is 49.6 Å². The van der Waals surface area contributed by atoms with Crippen LogP contribution in [-0.4, -0.2) is 9.97 Å². The first kappa shape index (κ1) is 11.4. The second-order valence-corrected chi connectivity index (χ2v) is 7.01. The summed E-state index contributed by atoms with van der Waals surface area (Å²) in [5.41, 5.74) is 3.07. The molecule has 98 valence electrons. The second kappa shape index (κ2) is 3.79. The van der Waals surface area contributed by atoms with E-state index in [0.29, 0.717) is 5.69 Å². The van der Waals surface area contributed by atoms with Gasteiger partial charge in [-0.3, -0.25) is 0 Å². The van der Waals surface area contributed by atoms with Crippen molar-refractivity contribution in [2.75, 3.05) is 0 Å². The van der Waals surface area contributed by atoms with Crippen LogP contribution < -0.4 is 0 Å². The fraction of sp³-hybridized carbons (Fsp3) is 0.688. The standard InChI is InChI=1S/C16H19N3/c1-10-14(8-17)18-9-19-15(10)16-5-11-2-12(6-16)4-13(3-11)7-16/h9,11-13H,2-7H2,1H3. The first-order chi connectivity index (χ1) is 9.20. The molecule has 0 radical (unpaired) electrons. The van der Waals surface area contributed by atoms with Crippen molar-refractivity contribution in [3.05, 3.63) is 23.3 Å². The van der Waals surface area contributed by atoms with Crippen LogP contribution in [-0.2, 0) is 5.41 Å². The first-order valence-electron chi connectivity index (χ1n) is 7.42. The lowest BCUT2D eigenvalue weighted by atomic mass is 9.48. The molecule has 0 spiro atoms. The Balaban J connectivity index is 1.82. The summed E-state index contributed by atoms with van der Waals surface area (Å²) in [6, 6.07) is 2.22. The Hall–Kier alpha value is -1.43. The van der Waals surface area contributed by atoms with Crippen molar-refractivity contribution in [3.63, 3.8) is 0 Å². The quantitative estimate of drug-likeness (QED) is 0.772. The Morgan fingerprint density at radius 1 is 1.11 bits per heavy atom. The maximum absolute atomic E-state index is 9.18. The molecule has 4 aliphatic rings. The third-order valence-electron chi connectivity index (χ3n) is 5.73. The number of aromatic nitrogens is 2. The molecule has 4 aliphatic carbocycles. The summed E-state index contributed by atoms with van der Waals surface area (Å²) in [4.78, 5) is 8.73. The molecular weight excluding hydrogens is 234 g/mol. The molecule has 19 heavy (non-hydrogen) atoms. The van der Waals surface area contributed by atoms with Gasteiger partial charge in [0.2, 0.25) is 0 Å². The fourth-order valence-corrected chi connectivity index (χ4v) is 5.50. The summed E-state index contributed by atoms with van der Waals surface area (Å²) >= 11 is 0. The largest absolute Gasteiger partial charge is 0.240 e. The maximum atomic E-state index is 9.18. The highest BCUT2D eigenvalue weighted by Crippen LogP contribution is 2.60.